The van der Waals surface area contributed by atoms with Crippen LogP contribution in [0.3, 0.4) is 0 Å². The highest BCUT2D eigenvalue weighted by Crippen LogP contribution is 2.45. The third-order valence-electron chi connectivity index (χ3n) is 5.46. The summed E-state index contributed by atoms with van der Waals surface area (Å²) < 4.78 is 4.82. The van der Waals surface area contributed by atoms with Gasteiger partial charge in [0.2, 0.25) is 5.91 Å². The highest BCUT2D eigenvalue weighted by atomic mass is 16.5. The smallest absolute Gasteiger partial charge is 0.330 e. The zero-order valence-electron chi connectivity index (χ0n) is 14.2. The van der Waals surface area contributed by atoms with Crippen molar-refractivity contribution in [1.82, 2.24) is 10.6 Å². The molecule has 5 heteroatoms. The Balaban J connectivity index is 2.17. The molecule has 1 heterocycles. The van der Waals surface area contributed by atoms with E-state index in [2.05, 4.69) is 10.6 Å². The van der Waals surface area contributed by atoms with Gasteiger partial charge in [0, 0.05) is 0 Å². The molecule has 22 heavy (non-hydrogen) atoms. The van der Waals surface area contributed by atoms with Crippen LogP contribution in [0.4, 0.5) is 0 Å². The topological polar surface area (TPSA) is 67.4 Å². The molecule has 1 amide bonds. The lowest BCUT2D eigenvalue weighted by molar-refractivity contribution is -0.152. The number of ether oxygens (including phenoxy) is 1. The molecule has 5 nitrogen and oxygen atoms in total. The SMILES string of the molecule is COC(=O)C(C)(C)NC(=O)C1(C2CCCCC2)CCNCC1. The first-order chi connectivity index (χ1) is 10.4. The molecular weight excluding hydrogens is 280 g/mol. The lowest BCUT2D eigenvalue weighted by Gasteiger charge is -2.45. The second kappa shape index (κ2) is 6.99. The molecule has 0 atom stereocenters. The Morgan fingerprint density at radius 2 is 1.73 bits per heavy atom. The molecule has 0 unspecified atom stereocenters. The summed E-state index contributed by atoms with van der Waals surface area (Å²) in [6.45, 7) is 5.18. The molecule has 1 saturated heterocycles. The van der Waals surface area contributed by atoms with E-state index in [1.807, 2.05) is 0 Å². The Morgan fingerprint density at radius 3 is 2.27 bits per heavy atom. The Morgan fingerprint density at radius 1 is 1.14 bits per heavy atom. The Kier molecular flexibility index (Phi) is 5.48. The van der Waals surface area contributed by atoms with E-state index in [9.17, 15) is 9.59 Å². The van der Waals surface area contributed by atoms with Crippen LogP contribution in [0.1, 0.15) is 58.8 Å². The summed E-state index contributed by atoms with van der Waals surface area (Å²) in [5, 5.41) is 6.33. The fourth-order valence-electron chi connectivity index (χ4n) is 4.06. The zero-order valence-corrected chi connectivity index (χ0v) is 14.2. The molecule has 126 valence electrons. The summed E-state index contributed by atoms with van der Waals surface area (Å²) >= 11 is 0. The Hall–Kier alpha value is -1.10. The molecule has 1 aliphatic carbocycles. The van der Waals surface area contributed by atoms with Crippen molar-refractivity contribution >= 4 is 11.9 Å². The van der Waals surface area contributed by atoms with Crippen LogP contribution in [0.25, 0.3) is 0 Å². The van der Waals surface area contributed by atoms with Gasteiger partial charge in [-0.05, 0) is 58.5 Å². The van der Waals surface area contributed by atoms with Crippen LogP contribution in [-0.4, -0.2) is 37.6 Å². The maximum Gasteiger partial charge on any atom is 0.330 e. The molecule has 0 bridgehead atoms. The van der Waals surface area contributed by atoms with Crippen LogP contribution in [0.15, 0.2) is 0 Å². The van der Waals surface area contributed by atoms with E-state index in [0.717, 1.165) is 38.8 Å². The highest BCUT2D eigenvalue weighted by molar-refractivity contribution is 5.90. The minimum atomic E-state index is -0.974. The van der Waals surface area contributed by atoms with Crippen molar-refractivity contribution in [3.63, 3.8) is 0 Å². The minimum absolute atomic E-state index is 0.0382. The number of carbonyl (C=O) groups is 2. The predicted octanol–water partition coefficient (Wildman–Crippen LogP) is 2.00. The van der Waals surface area contributed by atoms with Crippen molar-refractivity contribution in [1.29, 1.82) is 0 Å². The molecule has 1 aliphatic heterocycles. The average molecular weight is 310 g/mol. The van der Waals surface area contributed by atoms with Gasteiger partial charge in [0.1, 0.15) is 5.54 Å². The highest BCUT2D eigenvalue weighted by Gasteiger charge is 2.48. The molecular formula is C17H30N2O3. The van der Waals surface area contributed by atoms with Crippen LogP contribution in [0.2, 0.25) is 0 Å². The molecule has 2 fully saturated rings. The first-order valence-electron chi connectivity index (χ1n) is 8.54. The van der Waals surface area contributed by atoms with Crippen LogP contribution in [0.5, 0.6) is 0 Å². The molecule has 0 spiro atoms. The first kappa shape index (κ1) is 17.3. The summed E-state index contributed by atoms with van der Waals surface area (Å²) in [5.74, 6) is 0.0849. The summed E-state index contributed by atoms with van der Waals surface area (Å²) in [7, 11) is 1.36. The van der Waals surface area contributed by atoms with Gasteiger partial charge in [-0.15, -0.1) is 0 Å². The van der Waals surface area contributed by atoms with Gasteiger partial charge in [-0.1, -0.05) is 19.3 Å². The van der Waals surface area contributed by atoms with Gasteiger partial charge >= 0.3 is 5.97 Å². The molecule has 0 aromatic rings. The maximum atomic E-state index is 13.1. The number of esters is 1. The van der Waals surface area contributed by atoms with Crippen molar-refractivity contribution in [2.75, 3.05) is 20.2 Å². The van der Waals surface area contributed by atoms with Crippen molar-refractivity contribution in [2.45, 2.75) is 64.3 Å². The van der Waals surface area contributed by atoms with Crippen molar-refractivity contribution in [3.8, 4) is 0 Å². The normalized spacial score (nSPS) is 22.9. The van der Waals surface area contributed by atoms with Crippen molar-refractivity contribution in [3.05, 3.63) is 0 Å². The number of piperidine rings is 1. The van der Waals surface area contributed by atoms with Crippen LogP contribution < -0.4 is 10.6 Å². The molecule has 2 rings (SSSR count). The quantitative estimate of drug-likeness (QED) is 0.780. The monoisotopic (exact) mass is 310 g/mol. The lowest BCUT2D eigenvalue weighted by Crippen LogP contribution is -2.59. The van der Waals surface area contributed by atoms with Crippen LogP contribution >= 0.6 is 0 Å². The number of amides is 1. The fourth-order valence-corrected chi connectivity index (χ4v) is 4.06. The second-order valence-electron chi connectivity index (χ2n) is 7.31. The number of hydrogen-bond donors (Lipinski definition) is 2. The van der Waals surface area contributed by atoms with E-state index in [1.54, 1.807) is 13.8 Å². The molecule has 2 aliphatic rings. The molecule has 2 N–H and O–H groups in total. The van der Waals surface area contributed by atoms with E-state index >= 15 is 0 Å². The summed E-state index contributed by atoms with van der Waals surface area (Å²) in [5.41, 5.74) is -1.30. The van der Waals surface area contributed by atoms with Gasteiger partial charge in [-0.25, -0.2) is 4.79 Å². The molecule has 0 aromatic carbocycles. The number of rotatable bonds is 4. The van der Waals surface area contributed by atoms with Gasteiger partial charge < -0.3 is 15.4 Å². The van der Waals surface area contributed by atoms with E-state index in [4.69, 9.17) is 4.74 Å². The van der Waals surface area contributed by atoms with Gasteiger partial charge in [-0.3, -0.25) is 4.79 Å². The molecule has 0 aromatic heterocycles. The maximum absolute atomic E-state index is 13.1. The molecule has 1 saturated carbocycles. The van der Waals surface area contributed by atoms with Gasteiger partial charge in [0.15, 0.2) is 0 Å². The standard InChI is InChI=1S/C17H30N2O3/c1-16(2,15(21)22-3)19-14(20)17(9-11-18-12-10-17)13-7-5-4-6-8-13/h13,18H,4-12H2,1-3H3,(H,19,20). The summed E-state index contributed by atoms with van der Waals surface area (Å²) in [6, 6.07) is 0. The van der Waals surface area contributed by atoms with E-state index in [1.165, 1.54) is 26.4 Å². The van der Waals surface area contributed by atoms with Crippen molar-refractivity contribution < 1.29 is 14.3 Å². The van der Waals surface area contributed by atoms with Gasteiger partial charge in [0.05, 0.1) is 12.5 Å². The summed E-state index contributed by atoms with van der Waals surface area (Å²) in [6.07, 6.45) is 7.70. The van der Waals surface area contributed by atoms with E-state index in [0.29, 0.717) is 5.92 Å². The third-order valence-corrected chi connectivity index (χ3v) is 5.46. The van der Waals surface area contributed by atoms with Gasteiger partial charge in [0.25, 0.3) is 0 Å². The number of nitrogens with one attached hydrogen (secondary N) is 2. The van der Waals surface area contributed by atoms with Crippen molar-refractivity contribution in [2.24, 2.45) is 11.3 Å². The minimum Gasteiger partial charge on any atom is -0.467 e. The largest absolute Gasteiger partial charge is 0.467 e. The third kappa shape index (κ3) is 3.45. The first-order valence-corrected chi connectivity index (χ1v) is 8.54. The lowest BCUT2D eigenvalue weighted by atomic mass is 9.63. The second-order valence-corrected chi connectivity index (χ2v) is 7.31. The van der Waals surface area contributed by atoms with E-state index < -0.39 is 11.5 Å². The summed E-state index contributed by atoms with van der Waals surface area (Å²) in [4.78, 5) is 25.0. The average Bonchev–Trinajstić information content (AvgIpc) is 2.55. The van der Waals surface area contributed by atoms with Crippen LogP contribution in [-0.2, 0) is 14.3 Å². The predicted molar refractivity (Wildman–Crippen MR) is 85.3 cm³/mol. The molecule has 0 radical (unpaired) electrons. The number of carbonyl (C=O) groups excluding carboxylic acids is 2. The Labute approximate surface area is 133 Å². The fraction of sp³-hybridized carbons (Fsp3) is 0.882. The number of methoxy groups -OCH3 is 1. The van der Waals surface area contributed by atoms with Gasteiger partial charge in [-0.2, -0.15) is 0 Å². The van der Waals surface area contributed by atoms with Crippen LogP contribution in [0, 0.1) is 11.3 Å². The number of hydrogen-bond acceptors (Lipinski definition) is 4. The van der Waals surface area contributed by atoms with E-state index in [-0.39, 0.29) is 11.3 Å². The Bertz CT molecular complexity index is 408. The zero-order chi connectivity index (χ0) is 16.2.